The van der Waals surface area contributed by atoms with Crippen LogP contribution in [0.15, 0.2) is 22.8 Å². The van der Waals surface area contributed by atoms with E-state index in [0.717, 1.165) is 38.4 Å². The summed E-state index contributed by atoms with van der Waals surface area (Å²) in [7, 11) is 1.83. The molecule has 1 aromatic heterocycles. The van der Waals surface area contributed by atoms with Gasteiger partial charge >= 0.3 is 6.03 Å². The van der Waals surface area contributed by atoms with Crippen molar-refractivity contribution < 1.29 is 13.9 Å². The van der Waals surface area contributed by atoms with Crippen LogP contribution in [0.4, 0.5) is 4.79 Å². The number of nitrogens with one attached hydrogen (secondary N) is 1. The molecule has 2 amide bonds. The zero-order valence-electron chi connectivity index (χ0n) is 10.7. The van der Waals surface area contributed by atoms with Gasteiger partial charge in [0.1, 0.15) is 5.76 Å². The average molecular weight is 252 g/mol. The number of hydrogen-bond donors (Lipinski definition) is 1. The lowest BCUT2D eigenvalue weighted by Crippen LogP contribution is -2.40. The number of amides is 2. The molecule has 0 radical (unpaired) electrons. The number of carbonyl (C=O) groups is 1. The second-order valence-corrected chi connectivity index (χ2v) is 4.67. The molecule has 18 heavy (non-hydrogen) atoms. The first-order valence-corrected chi connectivity index (χ1v) is 6.35. The first kappa shape index (κ1) is 13.0. The van der Waals surface area contributed by atoms with Gasteiger partial charge in [0, 0.05) is 26.8 Å². The minimum absolute atomic E-state index is 0.0575. The fraction of sp³-hybridized carbons (Fsp3) is 0.615. The molecule has 5 nitrogen and oxygen atoms in total. The Morgan fingerprint density at radius 2 is 2.28 bits per heavy atom. The monoisotopic (exact) mass is 252 g/mol. The largest absolute Gasteiger partial charge is 0.467 e. The molecule has 0 atom stereocenters. The summed E-state index contributed by atoms with van der Waals surface area (Å²) in [5.74, 6) is 1.32. The smallest absolute Gasteiger partial charge is 0.317 e. The van der Waals surface area contributed by atoms with E-state index in [4.69, 9.17) is 9.15 Å². The minimum atomic E-state index is -0.0575. The van der Waals surface area contributed by atoms with Crippen molar-refractivity contribution in [1.82, 2.24) is 10.2 Å². The summed E-state index contributed by atoms with van der Waals surface area (Å²) in [5.41, 5.74) is 0. The maximum atomic E-state index is 11.9. The first-order valence-electron chi connectivity index (χ1n) is 6.35. The molecule has 1 aliphatic heterocycles. The van der Waals surface area contributed by atoms with Crippen LogP contribution < -0.4 is 5.32 Å². The van der Waals surface area contributed by atoms with E-state index in [1.54, 1.807) is 11.2 Å². The zero-order chi connectivity index (χ0) is 12.8. The van der Waals surface area contributed by atoms with Gasteiger partial charge < -0.3 is 19.4 Å². The van der Waals surface area contributed by atoms with E-state index < -0.39 is 0 Å². The number of furan rings is 1. The Balaban J connectivity index is 1.70. The zero-order valence-corrected chi connectivity index (χ0v) is 10.7. The highest BCUT2D eigenvalue weighted by molar-refractivity contribution is 5.73. The topological polar surface area (TPSA) is 54.7 Å². The van der Waals surface area contributed by atoms with E-state index in [9.17, 15) is 4.79 Å². The number of urea groups is 1. The Bertz CT molecular complexity index is 358. The molecule has 0 aliphatic carbocycles. The van der Waals surface area contributed by atoms with E-state index in [1.807, 2.05) is 19.2 Å². The van der Waals surface area contributed by atoms with Crippen LogP contribution >= 0.6 is 0 Å². The van der Waals surface area contributed by atoms with Gasteiger partial charge in [-0.1, -0.05) is 0 Å². The summed E-state index contributed by atoms with van der Waals surface area (Å²) in [6.07, 6.45) is 3.68. The van der Waals surface area contributed by atoms with Gasteiger partial charge in [-0.3, -0.25) is 0 Å². The van der Waals surface area contributed by atoms with Crippen molar-refractivity contribution in [2.24, 2.45) is 5.92 Å². The molecule has 1 aliphatic rings. The van der Waals surface area contributed by atoms with E-state index in [-0.39, 0.29) is 6.03 Å². The number of nitrogens with zero attached hydrogens (tertiary/aromatic N) is 1. The third kappa shape index (κ3) is 3.77. The van der Waals surface area contributed by atoms with Crippen LogP contribution in [-0.2, 0) is 11.3 Å². The molecule has 1 fully saturated rings. The molecule has 1 aromatic rings. The molecule has 2 rings (SSSR count). The molecule has 0 unspecified atom stereocenters. The van der Waals surface area contributed by atoms with Crippen molar-refractivity contribution in [3.8, 4) is 0 Å². The fourth-order valence-corrected chi connectivity index (χ4v) is 2.11. The number of hydrogen-bond acceptors (Lipinski definition) is 3. The fourth-order valence-electron chi connectivity index (χ4n) is 2.11. The summed E-state index contributed by atoms with van der Waals surface area (Å²) in [5, 5.41) is 2.84. The average Bonchev–Trinajstić information content (AvgIpc) is 2.90. The van der Waals surface area contributed by atoms with Crippen molar-refractivity contribution in [2.45, 2.75) is 19.4 Å². The van der Waals surface area contributed by atoms with Gasteiger partial charge in [-0.05, 0) is 30.9 Å². The van der Waals surface area contributed by atoms with Gasteiger partial charge in [0.25, 0.3) is 0 Å². The summed E-state index contributed by atoms with van der Waals surface area (Å²) in [6.45, 7) is 2.84. The van der Waals surface area contributed by atoms with Gasteiger partial charge in [0.2, 0.25) is 0 Å². The highest BCUT2D eigenvalue weighted by atomic mass is 16.5. The molecule has 0 bridgehead atoms. The summed E-state index contributed by atoms with van der Waals surface area (Å²) >= 11 is 0. The lowest BCUT2D eigenvalue weighted by atomic mass is 10.0. The van der Waals surface area contributed by atoms with Gasteiger partial charge in [0.15, 0.2) is 0 Å². The third-order valence-electron chi connectivity index (χ3n) is 3.21. The lowest BCUT2D eigenvalue weighted by molar-refractivity contribution is 0.0586. The first-order chi connectivity index (χ1) is 8.75. The quantitative estimate of drug-likeness (QED) is 0.889. The summed E-state index contributed by atoms with van der Waals surface area (Å²) in [6, 6.07) is 3.60. The van der Waals surface area contributed by atoms with E-state index >= 15 is 0 Å². The van der Waals surface area contributed by atoms with Crippen molar-refractivity contribution >= 4 is 6.03 Å². The molecule has 2 heterocycles. The Hall–Kier alpha value is -1.49. The molecule has 100 valence electrons. The van der Waals surface area contributed by atoms with Gasteiger partial charge in [0.05, 0.1) is 12.8 Å². The molecular weight excluding hydrogens is 232 g/mol. The van der Waals surface area contributed by atoms with E-state index in [1.165, 1.54) is 0 Å². The Labute approximate surface area is 107 Å². The highest BCUT2D eigenvalue weighted by Crippen LogP contribution is 2.15. The van der Waals surface area contributed by atoms with Crippen molar-refractivity contribution in [3.05, 3.63) is 24.2 Å². The maximum absolute atomic E-state index is 11.9. The van der Waals surface area contributed by atoms with E-state index in [0.29, 0.717) is 12.5 Å². The second kappa shape index (κ2) is 6.44. The van der Waals surface area contributed by atoms with Crippen LogP contribution in [0.3, 0.4) is 0 Å². The van der Waals surface area contributed by atoms with Crippen LogP contribution in [-0.4, -0.2) is 37.7 Å². The minimum Gasteiger partial charge on any atom is -0.467 e. The molecular formula is C13H20N2O3. The standard InChI is InChI=1S/C13H20N2O3/c1-15(10-11-4-7-17-8-5-11)13(16)14-9-12-3-2-6-18-12/h2-3,6,11H,4-5,7-10H2,1H3,(H,14,16). The second-order valence-electron chi connectivity index (χ2n) is 4.67. The predicted octanol–water partition coefficient (Wildman–Crippen LogP) is 1.85. The molecule has 5 heteroatoms. The Morgan fingerprint density at radius 1 is 1.50 bits per heavy atom. The van der Waals surface area contributed by atoms with Crippen LogP contribution in [0.5, 0.6) is 0 Å². The van der Waals surface area contributed by atoms with Crippen molar-refractivity contribution in [1.29, 1.82) is 0 Å². The van der Waals surface area contributed by atoms with Gasteiger partial charge in [-0.25, -0.2) is 4.79 Å². The summed E-state index contributed by atoms with van der Waals surface area (Å²) in [4.78, 5) is 13.6. The number of rotatable bonds is 4. The molecule has 0 aromatic carbocycles. The van der Waals surface area contributed by atoms with Gasteiger partial charge in [-0.2, -0.15) is 0 Å². The molecule has 1 saturated heterocycles. The van der Waals surface area contributed by atoms with Crippen LogP contribution in [0.25, 0.3) is 0 Å². The van der Waals surface area contributed by atoms with E-state index in [2.05, 4.69) is 5.32 Å². The molecule has 0 spiro atoms. The van der Waals surface area contributed by atoms with Crippen LogP contribution in [0.2, 0.25) is 0 Å². The van der Waals surface area contributed by atoms with Crippen LogP contribution in [0.1, 0.15) is 18.6 Å². The molecule has 1 N–H and O–H groups in total. The van der Waals surface area contributed by atoms with Crippen molar-refractivity contribution in [3.63, 3.8) is 0 Å². The predicted molar refractivity (Wildman–Crippen MR) is 67.1 cm³/mol. The maximum Gasteiger partial charge on any atom is 0.317 e. The molecule has 0 saturated carbocycles. The Kier molecular flexibility index (Phi) is 4.64. The van der Waals surface area contributed by atoms with Crippen molar-refractivity contribution in [2.75, 3.05) is 26.8 Å². The summed E-state index contributed by atoms with van der Waals surface area (Å²) < 4.78 is 10.5. The van der Waals surface area contributed by atoms with Crippen LogP contribution in [0, 0.1) is 5.92 Å². The van der Waals surface area contributed by atoms with Gasteiger partial charge in [-0.15, -0.1) is 0 Å². The SMILES string of the molecule is CN(CC1CCOCC1)C(=O)NCc1ccco1. The third-order valence-corrected chi connectivity index (χ3v) is 3.21. The number of ether oxygens (including phenoxy) is 1. The normalized spacial score (nSPS) is 16.5. The lowest BCUT2D eigenvalue weighted by Gasteiger charge is -2.27. The Morgan fingerprint density at radius 3 is 2.94 bits per heavy atom. The number of carbonyl (C=O) groups excluding carboxylic acids is 1. The highest BCUT2D eigenvalue weighted by Gasteiger charge is 2.18.